The number of phosphoric ester groups is 1. The first kappa shape index (κ1) is 52.2. The molecule has 0 saturated carbocycles. The van der Waals surface area contributed by atoms with Gasteiger partial charge >= 0.3 is 11.9 Å². The minimum absolute atomic E-state index is 0.0546. The first-order valence-corrected chi connectivity index (χ1v) is 22.9. The number of hydrogen-bond acceptors (Lipinski definition) is 9. The van der Waals surface area contributed by atoms with Gasteiger partial charge in [-0.2, -0.15) is 0 Å². The third-order valence-corrected chi connectivity index (χ3v) is 9.77. The molecule has 1 saturated heterocycles. The van der Waals surface area contributed by atoms with E-state index in [1.165, 1.54) is 19.3 Å². The van der Waals surface area contributed by atoms with Crippen LogP contribution < -0.4 is 4.89 Å². The van der Waals surface area contributed by atoms with Gasteiger partial charge in [-0.25, -0.2) is 0 Å². The van der Waals surface area contributed by atoms with E-state index in [-0.39, 0.29) is 26.1 Å². The summed E-state index contributed by atoms with van der Waals surface area (Å²) in [5.41, 5.74) is 0. The zero-order valence-electron chi connectivity index (χ0n) is 35.9. The van der Waals surface area contributed by atoms with Crippen LogP contribution in [0, 0.1) is 0 Å². The van der Waals surface area contributed by atoms with E-state index >= 15 is 0 Å². The number of esters is 2. The highest BCUT2D eigenvalue weighted by Gasteiger charge is 2.36. The van der Waals surface area contributed by atoms with Crippen LogP contribution in [0.5, 0.6) is 0 Å². The maximum Gasteiger partial charge on any atom is 0.306 e. The highest BCUT2D eigenvalue weighted by atomic mass is 31.2. The van der Waals surface area contributed by atoms with Crippen molar-refractivity contribution in [2.24, 2.45) is 0 Å². The van der Waals surface area contributed by atoms with Crippen molar-refractivity contribution in [2.45, 2.75) is 148 Å². The molecule has 1 aliphatic heterocycles. The van der Waals surface area contributed by atoms with Gasteiger partial charge in [0.2, 0.25) is 0 Å². The molecule has 0 amide bonds. The molecule has 0 spiro atoms. The molecule has 1 rings (SSSR count). The quantitative estimate of drug-likeness (QED) is 0.0152. The van der Waals surface area contributed by atoms with Crippen LogP contribution in [0.25, 0.3) is 0 Å². The molecule has 0 radical (unpaired) electrons. The van der Waals surface area contributed by atoms with Crippen LogP contribution in [0.2, 0.25) is 0 Å². The zero-order chi connectivity index (χ0) is 41.9. The molecule has 1 heterocycles. The highest BCUT2D eigenvalue weighted by molar-refractivity contribution is 7.45. The summed E-state index contributed by atoms with van der Waals surface area (Å²) in [4.78, 5) is 37.5. The van der Waals surface area contributed by atoms with Crippen molar-refractivity contribution >= 4 is 19.8 Å². The Morgan fingerprint density at radius 1 is 0.649 bits per heavy atom. The lowest BCUT2D eigenvalue weighted by molar-refractivity contribution is -0.870. The van der Waals surface area contributed by atoms with Crippen LogP contribution in [0.4, 0.5) is 0 Å². The second-order valence-electron chi connectivity index (χ2n) is 15.4. The second-order valence-corrected chi connectivity index (χ2v) is 16.8. The number of allylic oxidation sites excluding steroid dienone is 12. The van der Waals surface area contributed by atoms with E-state index in [0.717, 1.165) is 64.2 Å². The molecule has 11 heteroatoms. The van der Waals surface area contributed by atoms with E-state index in [9.17, 15) is 19.0 Å². The summed E-state index contributed by atoms with van der Waals surface area (Å²) < 4.78 is 39.5. The highest BCUT2D eigenvalue weighted by Crippen LogP contribution is 2.38. The fourth-order valence-corrected chi connectivity index (χ4v) is 6.05. The average Bonchev–Trinajstić information content (AvgIpc) is 3.92. The number of rotatable bonds is 36. The fraction of sp³-hybridized carbons (Fsp3) is 0.652. The van der Waals surface area contributed by atoms with E-state index in [1.54, 1.807) is 0 Å². The van der Waals surface area contributed by atoms with Gasteiger partial charge in [0, 0.05) is 12.8 Å². The number of carbonyl (C=O) groups is 2. The summed E-state index contributed by atoms with van der Waals surface area (Å²) in [6, 6.07) is 0. The number of carbonyl (C=O) groups excluding carboxylic acids is 2. The van der Waals surface area contributed by atoms with E-state index in [4.69, 9.17) is 23.3 Å². The maximum absolute atomic E-state index is 12.6. The molecule has 57 heavy (non-hydrogen) atoms. The van der Waals surface area contributed by atoms with Crippen molar-refractivity contribution in [3.8, 4) is 0 Å². The fourth-order valence-electron chi connectivity index (χ4n) is 5.32. The Bertz CT molecular complexity index is 1310. The van der Waals surface area contributed by atoms with Crippen molar-refractivity contribution in [3.05, 3.63) is 85.1 Å². The van der Waals surface area contributed by atoms with Gasteiger partial charge in [0.15, 0.2) is 6.10 Å². The summed E-state index contributed by atoms with van der Waals surface area (Å²) in [7, 11) is 1.08. The summed E-state index contributed by atoms with van der Waals surface area (Å²) >= 11 is 0. The van der Waals surface area contributed by atoms with Crippen LogP contribution in [0.15, 0.2) is 85.1 Å². The molecule has 0 aromatic rings. The number of epoxide rings is 1. The van der Waals surface area contributed by atoms with Gasteiger partial charge < -0.3 is 32.6 Å². The Morgan fingerprint density at radius 2 is 1.16 bits per heavy atom. The minimum atomic E-state index is -4.66. The third kappa shape index (κ3) is 34.9. The number of hydrogen-bond donors (Lipinski definition) is 0. The van der Waals surface area contributed by atoms with Crippen LogP contribution >= 0.6 is 7.82 Å². The Hall–Kier alpha value is -2.85. The molecule has 1 fully saturated rings. The summed E-state index contributed by atoms with van der Waals surface area (Å²) in [6.07, 6.45) is 45.1. The van der Waals surface area contributed by atoms with Gasteiger partial charge in [-0.05, 0) is 89.9 Å². The van der Waals surface area contributed by atoms with Crippen molar-refractivity contribution in [1.82, 2.24) is 0 Å². The molecule has 0 aromatic heterocycles. The number of likely N-dealkylation sites (N-methyl/N-ethyl adjacent to an activating group) is 1. The van der Waals surface area contributed by atoms with Crippen LogP contribution in [0.1, 0.15) is 129 Å². The Kier molecular flexibility index (Phi) is 31.2. The SMILES string of the molecule is CC/C=C\C/C=C\C/C=C\C/C=C\CCCCC(=O)O[C@H](COC(=O)CCC/C=C\C/C=C\CC1OC1C/C=C\CCCCC)COP(=O)([O-])OCC[N+](C)(C)C. The van der Waals surface area contributed by atoms with Gasteiger partial charge in [-0.3, -0.25) is 14.2 Å². The van der Waals surface area contributed by atoms with Gasteiger partial charge in [-0.15, -0.1) is 0 Å². The predicted molar refractivity (Wildman–Crippen MR) is 230 cm³/mol. The van der Waals surface area contributed by atoms with Crippen LogP contribution in [-0.4, -0.2) is 82.2 Å². The molecule has 0 aliphatic carbocycles. The average molecular weight is 818 g/mol. The molecule has 0 N–H and O–H groups in total. The third-order valence-electron chi connectivity index (χ3n) is 8.80. The standard InChI is InChI=1S/C46H76NO9P/c1-6-8-10-12-14-15-16-17-18-19-20-21-24-29-33-37-46(49)55-42(41-54-57(50,51)53-39-38-47(3,4)5)40-52-45(48)36-32-28-25-22-23-27-31-35-44-43(56-44)34-30-26-13-11-9-7-2/h8,10,14-15,17-18,20-22,25-27,30-31,42-44H,6-7,9,11-13,16,19,23-24,28-29,32-41H2,1-5H3/b10-8-,15-14-,18-17-,21-20-,25-22-,30-26-,31-27-/t42-,43?,44?/m1/s1. The topological polar surface area (TPSA) is 124 Å². The van der Waals surface area contributed by atoms with E-state index in [2.05, 4.69) is 92.8 Å². The normalized spacial score (nSPS) is 18.0. The smallest absolute Gasteiger partial charge is 0.306 e. The Labute approximate surface area is 346 Å². The predicted octanol–water partition coefficient (Wildman–Crippen LogP) is 10.4. The van der Waals surface area contributed by atoms with E-state index in [0.29, 0.717) is 42.5 Å². The Morgan fingerprint density at radius 3 is 1.75 bits per heavy atom. The molecule has 0 bridgehead atoms. The van der Waals surface area contributed by atoms with Crippen molar-refractivity contribution in [3.63, 3.8) is 0 Å². The number of phosphoric acid groups is 1. The van der Waals surface area contributed by atoms with E-state index in [1.807, 2.05) is 27.2 Å². The first-order chi connectivity index (χ1) is 27.5. The minimum Gasteiger partial charge on any atom is -0.756 e. The largest absolute Gasteiger partial charge is 0.756 e. The molecule has 3 unspecified atom stereocenters. The van der Waals surface area contributed by atoms with Crippen LogP contribution in [0.3, 0.4) is 0 Å². The molecule has 4 atom stereocenters. The van der Waals surface area contributed by atoms with Crippen molar-refractivity contribution in [1.29, 1.82) is 0 Å². The summed E-state index contributed by atoms with van der Waals surface area (Å²) in [5.74, 6) is -0.966. The lowest BCUT2D eigenvalue weighted by Gasteiger charge is -2.28. The molecular formula is C46H76NO9P. The summed E-state index contributed by atoms with van der Waals surface area (Å²) in [6.45, 7) is 3.92. The number of ether oxygens (including phenoxy) is 3. The molecule has 0 aromatic carbocycles. The Balaban J connectivity index is 2.37. The van der Waals surface area contributed by atoms with E-state index < -0.39 is 32.5 Å². The van der Waals surface area contributed by atoms with Crippen LogP contribution in [-0.2, 0) is 37.4 Å². The lowest BCUT2D eigenvalue weighted by atomic mass is 10.1. The monoisotopic (exact) mass is 818 g/mol. The molecule has 10 nitrogen and oxygen atoms in total. The van der Waals surface area contributed by atoms with Gasteiger partial charge in [-0.1, -0.05) is 112 Å². The molecule has 1 aliphatic rings. The number of unbranched alkanes of at least 4 members (excludes halogenated alkanes) is 6. The molecule has 324 valence electrons. The van der Waals surface area contributed by atoms with Gasteiger partial charge in [0.05, 0.1) is 40.0 Å². The number of nitrogens with zero attached hydrogens (tertiary/aromatic N) is 1. The summed E-state index contributed by atoms with van der Waals surface area (Å²) in [5, 5.41) is 0. The van der Waals surface area contributed by atoms with Crippen molar-refractivity contribution in [2.75, 3.05) is 47.5 Å². The molecular weight excluding hydrogens is 741 g/mol. The van der Waals surface area contributed by atoms with Gasteiger partial charge in [0.1, 0.15) is 19.8 Å². The second kappa shape index (κ2) is 34.1. The van der Waals surface area contributed by atoms with Crippen molar-refractivity contribution < 1.29 is 46.8 Å². The number of quaternary nitrogens is 1. The van der Waals surface area contributed by atoms with Gasteiger partial charge in [0.25, 0.3) is 7.82 Å². The zero-order valence-corrected chi connectivity index (χ0v) is 36.8. The lowest BCUT2D eigenvalue weighted by Crippen LogP contribution is -2.37. The first-order valence-electron chi connectivity index (χ1n) is 21.4. The maximum atomic E-state index is 12.6.